The monoisotopic (exact) mass is 264 g/mol. The lowest BCUT2D eigenvalue weighted by Crippen LogP contribution is -2.51. The van der Waals surface area contributed by atoms with Crippen LogP contribution in [0.1, 0.15) is 20.3 Å². The van der Waals surface area contributed by atoms with Crippen LogP contribution in [-0.2, 0) is 19.6 Å². The van der Waals surface area contributed by atoms with E-state index in [2.05, 4.69) is 5.32 Å². The first-order chi connectivity index (χ1) is 7.95. The third-order valence-electron chi connectivity index (χ3n) is 2.59. The van der Waals surface area contributed by atoms with E-state index >= 15 is 0 Å². The van der Waals surface area contributed by atoms with Crippen molar-refractivity contribution in [3.8, 4) is 0 Å². The van der Waals surface area contributed by atoms with E-state index in [1.54, 1.807) is 6.92 Å². The lowest BCUT2D eigenvalue weighted by molar-refractivity contribution is -0.142. The van der Waals surface area contributed by atoms with Crippen LogP contribution < -0.4 is 5.32 Å². The van der Waals surface area contributed by atoms with Crippen LogP contribution in [0, 0.1) is 0 Å². The maximum Gasteiger partial charge on any atom is 0.306 e. The second kappa shape index (κ2) is 6.32. The average Bonchev–Trinajstić information content (AvgIpc) is 2.27. The van der Waals surface area contributed by atoms with E-state index < -0.39 is 16.0 Å². The second-order valence-corrected chi connectivity index (χ2v) is 6.17. The molecule has 1 heterocycles. The van der Waals surface area contributed by atoms with Crippen molar-refractivity contribution < 1.29 is 17.9 Å². The van der Waals surface area contributed by atoms with Crippen molar-refractivity contribution in [2.45, 2.75) is 26.3 Å². The molecule has 1 atom stereocenters. The van der Waals surface area contributed by atoms with Crippen LogP contribution in [0.4, 0.5) is 0 Å². The molecule has 0 bridgehead atoms. The average molecular weight is 264 g/mol. The van der Waals surface area contributed by atoms with Gasteiger partial charge in [-0.1, -0.05) is 0 Å². The van der Waals surface area contributed by atoms with E-state index in [1.807, 2.05) is 6.92 Å². The van der Waals surface area contributed by atoms with Crippen molar-refractivity contribution in [2.75, 3.05) is 32.0 Å². The van der Waals surface area contributed by atoms with Crippen molar-refractivity contribution in [1.29, 1.82) is 0 Å². The number of sulfonamides is 1. The number of esters is 1. The number of ether oxygens (including phenoxy) is 1. The molecule has 0 aromatic rings. The van der Waals surface area contributed by atoms with Crippen LogP contribution in [0.3, 0.4) is 0 Å². The molecule has 1 aliphatic heterocycles. The summed E-state index contributed by atoms with van der Waals surface area (Å²) in [5.74, 6) is -0.627. The summed E-state index contributed by atoms with van der Waals surface area (Å²) in [5, 5.41) is 3.17. The van der Waals surface area contributed by atoms with Crippen LogP contribution in [0.25, 0.3) is 0 Å². The van der Waals surface area contributed by atoms with Crippen LogP contribution >= 0.6 is 0 Å². The minimum Gasteiger partial charge on any atom is -0.466 e. The van der Waals surface area contributed by atoms with Crippen LogP contribution in [-0.4, -0.2) is 56.7 Å². The van der Waals surface area contributed by atoms with Crippen LogP contribution in [0.2, 0.25) is 0 Å². The quantitative estimate of drug-likeness (QED) is 0.682. The zero-order valence-corrected chi connectivity index (χ0v) is 11.1. The van der Waals surface area contributed by atoms with Crippen molar-refractivity contribution in [1.82, 2.24) is 9.62 Å². The molecule has 6 nitrogen and oxygen atoms in total. The molecule has 0 aromatic carbocycles. The zero-order chi connectivity index (χ0) is 12.9. The number of hydrogen-bond donors (Lipinski definition) is 1. The normalized spacial score (nSPS) is 22.4. The van der Waals surface area contributed by atoms with Gasteiger partial charge in [0.05, 0.1) is 18.8 Å². The van der Waals surface area contributed by atoms with Gasteiger partial charge in [0.15, 0.2) is 0 Å². The van der Waals surface area contributed by atoms with Gasteiger partial charge < -0.3 is 10.1 Å². The summed E-state index contributed by atoms with van der Waals surface area (Å²) < 4.78 is 30.0. The summed E-state index contributed by atoms with van der Waals surface area (Å²) in [4.78, 5) is 11.1. The smallest absolute Gasteiger partial charge is 0.306 e. The fourth-order valence-electron chi connectivity index (χ4n) is 1.72. The van der Waals surface area contributed by atoms with E-state index in [9.17, 15) is 13.2 Å². The Morgan fingerprint density at radius 3 is 2.82 bits per heavy atom. The molecular weight excluding hydrogens is 244 g/mol. The third kappa shape index (κ3) is 4.61. The molecular formula is C10H20N2O4S. The number of piperazine rings is 1. The van der Waals surface area contributed by atoms with Crippen LogP contribution in [0.15, 0.2) is 0 Å². The summed E-state index contributed by atoms with van der Waals surface area (Å²) in [6.07, 6.45) is -0.0749. The highest BCUT2D eigenvalue weighted by Crippen LogP contribution is 2.08. The topological polar surface area (TPSA) is 75.7 Å². The predicted molar refractivity (Wildman–Crippen MR) is 64.1 cm³/mol. The summed E-state index contributed by atoms with van der Waals surface area (Å²) >= 11 is 0. The zero-order valence-electron chi connectivity index (χ0n) is 10.3. The Labute approximate surface area is 102 Å². The molecule has 0 unspecified atom stereocenters. The maximum atomic E-state index is 11.9. The Morgan fingerprint density at radius 1 is 1.53 bits per heavy atom. The largest absolute Gasteiger partial charge is 0.466 e. The first-order valence-corrected chi connectivity index (χ1v) is 7.43. The predicted octanol–water partition coefficient (Wildman–Crippen LogP) is -0.437. The number of rotatable bonds is 5. The first kappa shape index (κ1) is 14.4. The van der Waals surface area contributed by atoms with Gasteiger partial charge in [-0.3, -0.25) is 4.79 Å². The minimum absolute atomic E-state index is 0.0749. The molecule has 1 N–H and O–H groups in total. The molecule has 0 spiro atoms. The first-order valence-electron chi connectivity index (χ1n) is 5.82. The van der Waals surface area contributed by atoms with E-state index in [-0.39, 0.29) is 24.8 Å². The van der Waals surface area contributed by atoms with E-state index in [1.165, 1.54) is 4.31 Å². The van der Waals surface area contributed by atoms with Gasteiger partial charge in [-0.15, -0.1) is 0 Å². The molecule has 1 fully saturated rings. The molecule has 7 heteroatoms. The van der Waals surface area contributed by atoms with Crippen molar-refractivity contribution in [2.24, 2.45) is 0 Å². The number of carbonyl (C=O) groups excluding carboxylic acids is 1. The molecule has 1 rings (SSSR count). The van der Waals surface area contributed by atoms with E-state index in [0.29, 0.717) is 19.6 Å². The molecule has 17 heavy (non-hydrogen) atoms. The Balaban J connectivity index is 2.47. The van der Waals surface area contributed by atoms with Crippen molar-refractivity contribution >= 4 is 16.0 Å². The van der Waals surface area contributed by atoms with Gasteiger partial charge in [0.2, 0.25) is 10.0 Å². The van der Waals surface area contributed by atoms with E-state index in [0.717, 1.165) is 0 Å². The molecule has 100 valence electrons. The molecule has 0 radical (unpaired) electrons. The lowest BCUT2D eigenvalue weighted by Gasteiger charge is -2.30. The minimum atomic E-state index is -3.34. The highest BCUT2D eigenvalue weighted by Gasteiger charge is 2.27. The van der Waals surface area contributed by atoms with E-state index in [4.69, 9.17) is 4.74 Å². The summed E-state index contributed by atoms with van der Waals surface area (Å²) in [7, 11) is -3.34. The van der Waals surface area contributed by atoms with Crippen LogP contribution in [0.5, 0.6) is 0 Å². The number of nitrogens with zero attached hydrogens (tertiary/aromatic N) is 1. The summed E-state index contributed by atoms with van der Waals surface area (Å²) in [6.45, 7) is 5.50. The molecule has 0 amide bonds. The summed E-state index contributed by atoms with van der Waals surface area (Å²) in [5.41, 5.74) is 0. The Bertz CT molecular complexity index is 355. The lowest BCUT2D eigenvalue weighted by atomic mass is 10.3. The van der Waals surface area contributed by atoms with Gasteiger partial charge in [-0.25, -0.2) is 8.42 Å². The highest BCUT2D eigenvalue weighted by atomic mass is 32.2. The Hall–Kier alpha value is -0.660. The molecule has 1 aliphatic rings. The fraction of sp³-hybridized carbons (Fsp3) is 0.900. The van der Waals surface area contributed by atoms with Crippen molar-refractivity contribution in [3.63, 3.8) is 0 Å². The van der Waals surface area contributed by atoms with Gasteiger partial charge in [0.25, 0.3) is 0 Å². The SMILES string of the molecule is CCOC(=O)CCS(=O)(=O)N1CCN[C@@H](C)C1. The Kier molecular flexibility index (Phi) is 5.35. The molecule has 1 saturated heterocycles. The van der Waals surface area contributed by atoms with Gasteiger partial charge in [-0.05, 0) is 13.8 Å². The highest BCUT2D eigenvalue weighted by molar-refractivity contribution is 7.89. The Morgan fingerprint density at radius 2 is 2.24 bits per heavy atom. The number of carbonyl (C=O) groups is 1. The van der Waals surface area contributed by atoms with Gasteiger partial charge in [-0.2, -0.15) is 4.31 Å². The van der Waals surface area contributed by atoms with Crippen molar-refractivity contribution in [3.05, 3.63) is 0 Å². The third-order valence-corrected chi connectivity index (χ3v) is 4.43. The number of hydrogen-bond acceptors (Lipinski definition) is 5. The van der Waals surface area contributed by atoms with Gasteiger partial charge >= 0.3 is 5.97 Å². The summed E-state index contributed by atoms with van der Waals surface area (Å²) in [6, 6.07) is 0.154. The maximum absolute atomic E-state index is 11.9. The fourth-order valence-corrected chi connectivity index (χ4v) is 3.23. The molecule has 0 saturated carbocycles. The second-order valence-electron chi connectivity index (χ2n) is 4.08. The van der Waals surface area contributed by atoms with Gasteiger partial charge in [0, 0.05) is 25.7 Å². The number of nitrogens with one attached hydrogen (secondary N) is 1. The standard InChI is InChI=1S/C10H20N2O4S/c1-3-16-10(13)4-7-17(14,15)12-6-5-11-9(2)8-12/h9,11H,3-8H2,1-2H3/t9-/m0/s1. The van der Waals surface area contributed by atoms with Gasteiger partial charge in [0.1, 0.15) is 0 Å². The molecule has 0 aromatic heterocycles. The molecule has 0 aliphatic carbocycles.